The third-order valence-corrected chi connectivity index (χ3v) is 2.88. The van der Waals surface area contributed by atoms with E-state index in [9.17, 15) is 9.90 Å². The fraction of sp³-hybridized carbons (Fsp3) is 0.500. The molecule has 6 nitrogen and oxygen atoms in total. The quantitative estimate of drug-likeness (QED) is 0.881. The smallest absolute Gasteiger partial charge is 0.271 e. The summed E-state index contributed by atoms with van der Waals surface area (Å²) in [6, 6.07) is 1.49. The molecule has 2 aromatic heterocycles. The van der Waals surface area contributed by atoms with Gasteiger partial charge in [0.2, 0.25) is 5.78 Å². The Hall–Kier alpha value is -1.95. The topological polar surface area (TPSA) is 79.5 Å². The second-order valence-electron chi connectivity index (χ2n) is 6.07. The number of amides is 1. The van der Waals surface area contributed by atoms with Crippen LogP contribution in [0.4, 0.5) is 0 Å². The molecule has 0 aliphatic rings. The standard InChI is InChI=1S/C14H20N4O2/c1-14(2,3)7-10(9-19)16-12(20)11-8-18-6-4-5-15-13(18)17-11/h4-6,8,10,19H,7,9H2,1-3H3,(H,16,20). The first-order valence-electron chi connectivity index (χ1n) is 6.60. The number of hydrogen-bond donors (Lipinski definition) is 2. The van der Waals surface area contributed by atoms with Crippen LogP contribution in [0.15, 0.2) is 24.7 Å². The third-order valence-electron chi connectivity index (χ3n) is 2.88. The van der Waals surface area contributed by atoms with Crippen molar-refractivity contribution in [2.24, 2.45) is 5.41 Å². The van der Waals surface area contributed by atoms with Crippen LogP contribution in [0.5, 0.6) is 0 Å². The van der Waals surface area contributed by atoms with Crippen molar-refractivity contribution < 1.29 is 9.90 Å². The maximum atomic E-state index is 12.1. The van der Waals surface area contributed by atoms with Crippen LogP contribution in [-0.4, -0.2) is 38.0 Å². The van der Waals surface area contributed by atoms with Crippen molar-refractivity contribution in [2.75, 3.05) is 6.61 Å². The number of carbonyl (C=O) groups is 1. The second kappa shape index (κ2) is 5.58. The van der Waals surface area contributed by atoms with Gasteiger partial charge in [-0.05, 0) is 17.9 Å². The summed E-state index contributed by atoms with van der Waals surface area (Å²) in [6.07, 6.45) is 5.73. The molecule has 0 aliphatic heterocycles. The van der Waals surface area contributed by atoms with Gasteiger partial charge >= 0.3 is 0 Å². The first-order chi connectivity index (χ1) is 9.39. The van der Waals surface area contributed by atoms with Gasteiger partial charge in [0.05, 0.1) is 12.6 Å². The molecule has 2 N–H and O–H groups in total. The van der Waals surface area contributed by atoms with E-state index in [-0.39, 0.29) is 24.0 Å². The number of aliphatic hydroxyl groups is 1. The molecule has 0 saturated carbocycles. The van der Waals surface area contributed by atoms with E-state index in [0.717, 1.165) is 0 Å². The summed E-state index contributed by atoms with van der Waals surface area (Å²) in [5.41, 5.74) is 0.331. The SMILES string of the molecule is CC(C)(C)CC(CO)NC(=O)c1cn2cccnc2n1. The molecular weight excluding hydrogens is 256 g/mol. The van der Waals surface area contributed by atoms with Crippen molar-refractivity contribution in [3.63, 3.8) is 0 Å². The van der Waals surface area contributed by atoms with Crippen molar-refractivity contribution >= 4 is 11.7 Å². The van der Waals surface area contributed by atoms with E-state index in [0.29, 0.717) is 17.9 Å². The lowest BCUT2D eigenvalue weighted by Gasteiger charge is -2.25. The summed E-state index contributed by atoms with van der Waals surface area (Å²) in [7, 11) is 0. The van der Waals surface area contributed by atoms with E-state index >= 15 is 0 Å². The normalized spacial score (nSPS) is 13.4. The van der Waals surface area contributed by atoms with E-state index < -0.39 is 0 Å². The van der Waals surface area contributed by atoms with Crippen molar-refractivity contribution in [1.29, 1.82) is 0 Å². The molecule has 108 valence electrons. The Morgan fingerprint density at radius 2 is 2.25 bits per heavy atom. The lowest BCUT2D eigenvalue weighted by molar-refractivity contribution is 0.0893. The number of fused-ring (bicyclic) bond motifs is 1. The number of aliphatic hydroxyl groups excluding tert-OH is 1. The molecule has 1 atom stereocenters. The van der Waals surface area contributed by atoms with Gasteiger partial charge in [-0.3, -0.25) is 9.20 Å². The molecule has 0 radical (unpaired) electrons. The van der Waals surface area contributed by atoms with Crippen molar-refractivity contribution in [3.8, 4) is 0 Å². The molecule has 0 aliphatic carbocycles. The molecule has 20 heavy (non-hydrogen) atoms. The number of nitrogens with one attached hydrogen (secondary N) is 1. The summed E-state index contributed by atoms with van der Waals surface area (Å²) >= 11 is 0. The number of nitrogens with zero attached hydrogens (tertiary/aromatic N) is 3. The van der Waals surface area contributed by atoms with Gasteiger partial charge in [-0.15, -0.1) is 0 Å². The van der Waals surface area contributed by atoms with Crippen molar-refractivity contribution in [2.45, 2.75) is 33.2 Å². The second-order valence-corrected chi connectivity index (χ2v) is 6.07. The Kier molecular flexibility index (Phi) is 4.04. The van der Waals surface area contributed by atoms with Gasteiger partial charge in [0.1, 0.15) is 5.69 Å². The van der Waals surface area contributed by atoms with Crippen LogP contribution >= 0.6 is 0 Å². The van der Waals surface area contributed by atoms with E-state index in [1.807, 2.05) is 0 Å². The first-order valence-corrected chi connectivity index (χ1v) is 6.60. The average Bonchev–Trinajstić information content (AvgIpc) is 2.80. The van der Waals surface area contributed by atoms with Crippen LogP contribution in [0.1, 0.15) is 37.7 Å². The molecule has 2 heterocycles. The van der Waals surface area contributed by atoms with E-state index in [1.54, 1.807) is 29.1 Å². The van der Waals surface area contributed by atoms with Crippen LogP contribution in [0.3, 0.4) is 0 Å². The van der Waals surface area contributed by atoms with Gasteiger partial charge in [-0.2, -0.15) is 0 Å². The molecular formula is C14H20N4O2. The minimum atomic E-state index is -0.293. The van der Waals surface area contributed by atoms with Crippen LogP contribution < -0.4 is 5.32 Å². The van der Waals surface area contributed by atoms with Gasteiger partial charge in [-0.1, -0.05) is 20.8 Å². The monoisotopic (exact) mass is 276 g/mol. The van der Waals surface area contributed by atoms with E-state index in [4.69, 9.17) is 0 Å². The highest BCUT2D eigenvalue weighted by atomic mass is 16.3. The lowest BCUT2D eigenvalue weighted by atomic mass is 9.88. The summed E-state index contributed by atoms with van der Waals surface area (Å²) in [5.74, 6) is 0.188. The third kappa shape index (κ3) is 3.54. The maximum absolute atomic E-state index is 12.1. The summed E-state index contributed by atoms with van der Waals surface area (Å²) in [5, 5.41) is 12.2. The Balaban J connectivity index is 2.10. The van der Waals surface area contributed by atoms with E-state index in [2.05, 4.69) is 36.1 Å². The number of carbonyl (C=O) groups excluding carboxylic acids is 1. The highest BCUT2D eigenvalue weighted by Crippen LogP contribution is 2.20. The largest absolute Gasteiger partial charge is 0.394 e. The Morgan fingerprint density at radius 1 is 1.50 bits per heavy atom. The number of aromatic nitrogens is 3. The first kappa shape index (κ1) is 14.5. The minimum Gasteiger partial charge on any atom is -0.394 e. The van der Waals surface area contributed by atoms with Gasteiger partial charge in [-0.25, -0.2) is 9.97 Å². The van der Waals surface area contributed by atoms with E-state index in [1.165, 1.54) is 0 Å². The molecule has 0 aromatic carbocycles. The number of imidazole rings is 1. The Labute approximate surface area is 117 Å². The molecule has 6 heteroatoms. The maximum Gasteiger partial charge on any atom is 0.271 e. The molecule has 0 spiro atoms. The number of rotatable bonds is 4. The Bertz CT molecular complexity index is 567. The van der Waals surface area contributed by atoms with Crippen LogP contribution in [0, 0.1) is 5.41 Å². The fourth-order valence-electron chi connectivity index (χ4n) is 2.10. The van der Waals surface area contributed by atoms with Gasteiger partial charge in [0.15, 0.2) is 0 Å². The molecule has 0 saturated heterocycles. The molecule has 0 fully saturated rings. The fourth-order valence-corrected chi connectivity index (χ4v) is 2.10. The van der Waals surface area contributed by atoms with Gasteiger partial charge in [0, 0.05) is 18.6 Å². The van der Waals surface area contributed by atoms with Crippen LogP contribution in [-0.2, 0) is 0 Å². The zero-order valence-electron chi connectivity index (χ0n) is 12.0. The summed E-state index contributed by atoms with van der Waals surface area (Å²) in [4.78, 5) is 20.4. The average molecular weight is 276 g/mol. The molecule has 1 unspecified atom stereocenters. The Morgan fingerprint density at radius 3 is 2.85 bits per heavy atom. The van der Waals surface area contributed by atoms with Crippen LogP contribution in [0.2, 0.25) is 0 Å². The van der Waals surface area contributed by atoms with Crippen molar-refractivity contribution in [3.05, 3.63) is 30.4 Å². The molecule has 2 rings (SSSR count). The van der Waals surface area contributed by atoms with Crippen LogP contribution in [0.25, 0.3) is 5.78 Å². The minimum absolute atomic E-state index is 0.0289. The predicted octanol–water partition coefficient (Wildman–Crippen LogP) is 1.26. The molecule has 1 amide bonds. The molecule has 2 aromatic rings. The van der Waals surface area contributed by atoms with Gasteiger partial charge in [0.25, 0.3) is 5.91 Å². The zero-order valence-corrected chi connectivity index (χ0v) is 12.0. The van der Waals surface area contributed by atoms with Crippen molar-refractivity contribution in [1.82, 2.24) is 19.7 Å². The highest BCUT2D eigenvalue weighted by molar-refractivity contribution is 5.92. The predicted molar refractivity (Wildman–Crippen MR) is 75.4 cm³/mol. The lowest BCUT2D eigenvalue weighted by Crippen LogP contribution is -2.40. The number of hydrogen-bond acceptors (Lipinski definition) is 4. The van der Waals surface area contributed by atoms with Gasteiger partial charge < -0.3 is 10.4 Å². The highest BCUT2D eigenvalue weighted by Gasteiger charge is 2.21. The summed E-state index contributed by atoms with van der Waals surface area (Å²) in [6.45, 7) is 6.11. The summed E-state index contributed by atoms with van der Waals surface area (Å²) < 4.78 is 1.69. The zero-order chi connectivity index (χ0) is 14.8. The molecule has 0 bridgehead atoms.